The average Bonchev–Trinajstić information content (AvgIpc) is 3.14. The number of ketones is 1. The Morgan fingerprint density at radius 2 is 1.73 bits per heavy atom. The minimum absolute atomic E-state index is 0.0698. The van der Waals surface area contributed by atoms with Gasteiger partial charge in [-0.2, -0.15) is 4.31 Å². The topological polar surface area (TPSA) is 96.5 Å². The zero-order valence-electron chi connectivity index (χ0n) is 18.4. The molecule has 1 aromatic heterocycles. The van der Waals surface area contributed by atoms with Crippen molar-refractivity contribution >= 4 is 32.7 Å². The van der Waals surface area contributed by atoms with E-state index in [9.17, 15) is 22.4 Å². The number of hydrogen-bond donors (Lipinski definition) is 1. The number of para-hydroxylation sites is 1. The molecule has 1 N–H and O–H groups in total. The van der Waals surface area contributed by atoms with Crippen LogP contribution in [0.3, 0.4) is 0 Å². The Labute approximate surface area is 191 Å². The quantitative estimate of drug-likeness (QED) is 0.435. The van der Waals surface area contributed by atoms with E-state index in [1.807, 2.05) is 24.3 Å². The lowest BCUT2D eigenvalue weighted by molar-refractivity contribution is -0.152. The molecule has 33 heavy (non-hydrogen) atoms. The molecule has 1 unspecified atom stereocenters. The van der Waals surface area contributed by atoms with Crippen molar-refractivity contribution in [2.24, 2.45) is 5.92 Å². The van der Waals surface area contributed by atoms with Gasteiger partial charge < -0.3 is 9.72 Å². The summed E-state index contributed by atoms with van der Waals surface area (Å²) in [5.74, 6) is -2.16. The molecule has 174 valence electrons. The van der Waals surface area contributed by atoms with Crippen molar-refractivity contribution in [1.29, 1.82) is 0 Å². The van der Waals surface area contributed by atoms with Gasteiger partial charge in [0.2, 0.25) is 15.8 Å². The average molecular weight is 473 g/mol. The third kappa shape index (κ3) is 4.43. The Morgan fingerprint density at radius 1 is 1.09 bits per heavy atom. The number of nitrogens with one attached hydrogen (secondary N) is 1. The summed E-state index contributed by atoms with van der Waals surface area (Å²) in [4.78, 5) is 28.5. The third-order valence-corrected chi connectivity index (χ3v) is 7.98. The summed E-state index contributed by atoms with van der Waals surface area (Å²) in [6, 6.07) is 12.6. The maximum absolute atomic E-state index is 14.0. The number of carbonyl (C=O) groups is 2. The lowest BCUT2D eigenvalue weighted by Gasteiger charge is -2.30. The number of esters is 1. The van der Waals surface area contributed by atoms with Gasteiger partial charge in [0.25, 0.3) is 0 Å². The van der Waals surface area contributed by atoms with Gasteiger partial charge in [-0.1, -0.05) is 30.3 Å². The number of aromatic nitrogens is 1. The molecule has 2 aromatic carbocycles. The van der Waals surface area contributed by atoms with Gasteiger partial charge in [-0.05, 0) is 44.9 Å². The Kier molecular flexibility index (Phi) is 6.36. The lowest BCUT2D eigenvalue weighted by Crippen LogP contribution is -2.41. The van der Waals surface area contributed by atoms with Crippen LogP contribution in [0.25, 0.3) is 10.9 Å². The Hall–Kier alpha value is -3.04. The van der Waals surface area contributed by atoms with Crippen molar-refractivity contribution in [1.82, 2.24) is 9.29 Å². The number of H-pyrrole nitrogens is 1. The summed E-state index contributed by atoms with van der Waals surface area (Å²) in [5.41, 5.74) is 2.03. The molecule has 1 aliphatic rings. The van der Waals surface area contributed by atoms with Crippen molar-refractivity contribution in [3.63, 3.8) is 0 Å². The highest BCUT2D eigenvalue weighted by molar-refractivity contribution is 7.89. The molecule has 0 aliphatic carbocycles. The molecule has 0 spiro atoms. The van der Waals surface area contributed by atoms with Crippen LogP contribution < -0.4 is 0 Å². The molecule has 1 atom stereocenters. The molecule has 4 rings (SSSR count). The second-order valence-corrected chi connectivity index (χ2v) is 10.1. The molecule has 7 nitrogen and oxygen atoms in total. The first kappa shape index (κ1) is 23.1. The number of piperidine rings is 1. The number of fused-ring (bicyclic) bond motifs is 1. The number of nitrogens with zero attached hydrogens (tertiary/aromatic N) is 1. The number of benzene rings is 2. The molecule has 1 aliphatic heterocycles. The molecule has 0 radical (unpaired) electrons. The molecule has 2 heterocycles. The monoisotopic (exact) mass is 472 g/mol. The summed E-state index contributed by atoms with van der Waals surface area (Å²) < 4.78 is 46.1. The molecule has 0 bridgehead atoms. The van der Waals surface area contributed by atoms with Crippen LogP contribution in [0, 0.1) is 18.7 Å². The summed E-state index contributed by atoms with van der Waals surface area (Å²) in [6.45, 7) is 3.48. The predicted octanol–water partition coefficient (Wildman–Crippen LogP) is 3.83. The second kappa shape index (κ2) is 9.07. The third-order valence-electron chi connectivity index (χ3n) is 6.04. The number of rotatable bonds is 6. The summed E-state index contributed by atoms with van der Waals surface area (Å²) in [7, 11) is -3.98. The van der Waals surface area contributed by atoms with Gasteiger partial charge in [-0.15, -0.1) is 0 Å². The van der Waals surface area contributed by atoms with Gasteiger partial charge in [0.05, 0.1) is 5.92 Å². The van der Waals surface area contributed by atoms with Crippen LogP contribution in [-0.4, -0.2) is 48.7 Å². The van der Waals surface area contributed by atoms with Crippen LogP contribution in [0.15, 0.2) is 53.4 Å². The summed E-state index contributed by atoms with van der Waals surface area (Å²) in [5, 5.41) is 0.773. The number of sulfonamides is 1. The Balaban J connectivity index is 1.39. The van der Waals surface area contributed by atoms with Gasteiger partial charge in [0.15, 0.2) is 6.10 Å². The predicted molar refractivity (Wildman–Crippen MR) is 121 cm³/mol. The second-order valence-electron chi connectivity index (χ2n) is 8.22. The number of aromatic amines is 1. The molecule has 1 saturated heterocycles. The number of Topliss-reactive ketones (excluding diaryl/α,β-unsaturated/α-hetero) is 1. The highest BCUT2D eigenvalue weighted by atomic mass is 32.2. The highest BCUT2D eigenvalue weighted by Gasteiger charge is 2.35. The fourth-order valence-corrected chi connectivity index (χ4v) is 5.78. The van der Waals surface area contributed by atoms with Gasteiger partial charge in [-0.25, -0.2) is 12.8 Å². The number of carbonyl (C=O) groups excluding carboxylic acids is 2. The van der Waals surface area contributed by atoms with E-state index in [1.165, 1.54) is 22.5 Å². The van der Waals surface area contributed by atoms with E-state index in [2.05, 4.69) is 4.98 Å². The van der Waals surface area contributed by atoms with Crippen molar-refractivity contribution in [3.05, 3.63) is 65.6 Å². The minimum Gasteiger partial charge on any atom is -0.454 e. The molecular weight excluding hydrogens is 447 g/mol. The lowest BCUT2D eigenvalue weighted by atomic mass is 9.98. The number of aryl methyl sites for hydroxylation is 1. The first-order valence-corrected chi connectivity index (χ1v) is 12.2. The number of halogens is 1. The number of ether oxygens (including phenoxy) is 1. The molecular formula is C24H25FN2O5S. The van der Waals surface area contributed by atoms with Crippen molar-refractivity contribution in [2.75, 3.05) is 13.1 Å². The van der Waals surface area contributed by atoms with E-state index in [4.69, 9.17) is 4.74 Å². The van der Waals surface area contributed by atoms with Crippen LogP contribution >= 0.6 is 0 Å². The molecule has 0 amide bonds. The molecule has 9 heteroatoms. The molecule has 1 fully saturated rings. The van der Waals surface area contributed by atoms with Gasteiger partial charge in [0, 0.05) is 35.2 Å². The summed E-state index contributed by atoms with van der Waals surface area (Å²) >= 11 is 0. The standard InChI is InChI=1S/C24H25FN2O5S/c1-15-22(18-7-3-5-9-20(18)26-15)23(28)16(2)32-24(29)17-11-13-27(14-12-17)33(30,31)21-10-6-4-8-19(21)25/h3-10,16-17,26H,11-14H2,1-2H3. The smallest absolute Gasteiger partial charge is 0.309 e. The van der Waals surface area contributed by atoms with E-state index in [1.54, 1.807) is 13.8 Å². The normalized spacial score (nSPS) is 16.6. The Morgan fingerprint density at radius 3 is 2.42 bits per heavy atom. The van der Waals surface area contributed by atoms with Gasteiger partial charge in [-0.3, -0.25) is 9.59 Å². The minimum atomic E-state index is -3.98. The van der Waals surface area contributed by atoms with Crippen LogP contribution in [-0.2, 0) is 19.6 Å². The largest absolute Gasteiger partial charge is 0.454 e. The van der Waals surface area contributed by atoms with E-state index < -0.39 is 33.8 Å². The summed E-state index contributed by atoms with van der Waals surface area (Å²) in [6.07, 6.45) is -0.505. The maximum Gasteiger partial charge on any atom is 0.309 e. The van der Waals surface area contributed by atoms with E-state index in [-0.39, 0.29) is 36.6 Å². The van der Waals surface area contributed by atoms with Gasteiger partial charge in [0.1, 0.15) is 10.7 Å². The van der Waals surface area contributed by atoms with Crippen molar-refractivity contribution in [3.8, 4) is 0 Å². The van der Waals surface area contributed by atoms with E-state index >= 15 is 0 Å². The van der Waals surface area contributed by atoms with Gasteiger partial charge >= 0.3 is 5.97 Å². The van der Waals surface area contributed by atoms with Crippen molar-refractivity contribution in [2.45, 2.75) is 37.7 Å². The highest BCUT2D eigenvalue weighted by Crippen LogP contribution is 2.27. The van der Waals surface area contributed by atoms with Crippen molar-refractivity contribution < 1.29 is 27.1 Å². The van der Waals surface area contributed by atoms with E-state index in [0.717, 1.165) is 17.0 Å². The van der Waals surface area contributed by atoms with E-state index in [0.29, 0.717) is 11.3 Å². The Bertz CT molecular complexity index is 1310. The van der Waals surface area contributed by atoms with Crippen LogP contribution in [0.4, 0.5) is 4.39 Å². The fraction of sp³-hybridized carbons (Fsp3) is 0.333. The van der Waals surface area contributed by atoms with Crippen LogP contribution in [0.2, 0.25) is 0 Å². The van der Waals surface area contributed by atoms with Crippen LogP contribution in [0.1, 0.15) is 35.8 Å². The fourth-order valence-electron chi connectivity index (χ4n) is 4.25. The zero-order valence-corrected chi connectivity index (χ0v) is 19.2. The molecule has 0 saturated carbocycles. The van der Waals surface area contributed by atoms with Crippen LogP contribution in [0.5, 0.6) is 0 Å². The zero-order chi connectivity index (χ0) is 23.8. The first-order chi connectivity index (χ1) is 15.7. The first-order valence-electron chi connectivity index (χ1n) is 10.8. The maximum atomic E-state index is 14.0. The SMILES string of the molecule is Cc1[nH]c2ccccc2c1C(=O)C(C)OC(=O)C1CCN(S(=O)(=O)c2ccccc2F)CC1. The number of hydrogen-bond acceptors (Lipinski definition) is 5. The molecule has 3 aromatic rings.